The number of ketones is 1. The Bertz CT molecular complexity index is 405. The molecule has 1 fully saturated rings. The van der Waals surface area contributed by atoms with Crippen molar-refractivity contribution in [1.29, 1.82) is 0 Å². The molecule has 0 radical (unpaired) electrons. The maximum Gasteiger partial charge on any atom is 0.308 e. The van der Waals surface area contributed by atoms with E-state index in [2.05, 4.69) is 4.74 Å². The predicted molar refractivity (Wildman–Crippen MR) is 79.8 cm³/mol. The van der Waals surface area contributed by atoms with Gasteiger partial charge in [-0.05, 0) is 31.8 Å². The maximum atomic E-state index is 11.3. The van der Waals surface area contributed by atoms with Crippen LogP contribution >= 0.6 is 0 Å². The average Bonchev–Trinajstić information content (AvgIpc) is 2.49. The number of ether oxygens (including phenoxy) is 2. The van der Waals surface area contributed by atoms with E-state index in [-0.39, 0.29) is 30.2 Å². The molecular weight excluding hydrogens is 288 g/mol. The Morgan fingerprint density at radius 2 is 2.09 bits per heavy atom. The maximum absolute atomic E-state index is 11.3. The van der Waals surface area contributed by atoms with Crippen molar-refractivity contribution in [3.63, 3.8) is 0 Å². The largest absolute Gasteiger partial charge is 0.469 e. The van der Waals surface area contributed by atoms with E-state index >= 15 is 0 Å². The Morgan fingerprint density at radius 3 is 2.64 bits per heavy atom. The quantitative estimate of drug-likeness (QED) is 0.297. The first-order valence-corrected chi connectivity index (χ1v) is 7.56. The third kappa shape index (κ3) is 5.87. The summed E-state index contributed by atoms with van der Waals surface area (Å²) < 4.78 is 10.2. The Morgan fingerprint density at radius 1 is 1.36 bits per heavy atom. The fourth-order valence-corrected chi connectivity index (χ4v) is 2.48. The van der Waals surface area contributed by atoms with Crippen molar-refractivity contribution < 1.29 is 28.8 Å². The second-order valence-corrected chi connectivity index (χ2v) is 5.70. The van der Waals surface area contributed by atoms with Crippen LogP contribution in [-0.4, -0.2) is 37.9 Å². The molecule has 0 aromatic rings. The standard InChI is InChI=1S/C16H26O6/c1-12-11-16(20-4,9-7-5-6-8-13(2)17)22-21-14(12)10-15(18)19-3/h6,8,12,14H,5,7,9-11H2,1-4H3/b8-6+/t12-,14-,16+/m1/s1. The summed E-state index contributed by atoms with van der Waals surface area (Å²) in [4.78, 5) is 33.0. The van der Waals surface area contributed by atoms with Gasteiger partial charge < -0.3 is 9.47 Å². The number of esters is 1. The Balaban J connectivity index is 2.47. The molecule has 6 heteroatoms. The van der Waals surface area contributed by atoms with Gasteiger partial charge in [-0.15, -0.1) is 0 Å². The molecule has 22 heavy (non-hydrogen) atoms. The molecule has 0 spiro atoms. The normalized spacial score (nSPS) is 28.7. The highest BCUT2D eigenvalue weighted by atomic mass is 17.2. The van der Waals surface area contributed by atoms with Crippen molar-refractivity contribution in [3.8, 4) is 0 Å². The number of methoxy groups -OCH3 is 2. The third-order valence-electron chi connectivity index (χ3n) is 3.84. The third-order valence-corrected chi connectivity index (χ3v) is 3.84. The minimum Gasteiger partial charge on any atom is -0.469 e. The molecule has 1 aliphatic rings. The fourth-order valence-electron chi connectivity index (χ4n) is 2.48. The summed E-state index contributed by atoms with van der Waals surface area (Å²) in [7, 11) is 2.94. The lowest BCUT2D eigenvalue weighted by Crippen LogP contribution is -2.46. The molecule has 0 bridgehead atoms. The van der Waals surface area contributed by atoms with Crippen LogP contribution < -0.4 is 0 Å². The van der Waals surface area contributed by atoms with Crippen molar-refractivity contribution in [2.24, 2.45) is 5.92 Å². The summed E-state index contributed by atoms with van der Waals surface area (Å²) in [6.45, 7) is 3.52. The highest BCUT2D eigenvalue weighted by Crippen LogP contribution is 2.36. The molecule has 1 aliphatic heterocycles. The van der Waals surface area contributed by atoms with E-state index in [1.807, 2.05) is 13.0 Å². The summed E-state index contributed by atoms with van der Waals surface area (Å²) >= 11 is 0. The highest BCUT2D eigenvalue weighted by molar-refractivity contribution is 5.87. The minimum atomic E-state index is -0.796. The second kappa shape index (κ2) is 9.02. The van der Waals surface area contributed by atoms with Gasteiger partial charge in [0.25, 0.3) is 0 Å². The topological polar surface area (TPSA) is 71.1 Å². The first-order valence-electron chi connectivity index (χ1n) is 7.56. The summed E-state index contributed by atoms with van der Waals surface area (Å²) in [5.41, 5.74) is 0. The van der Waals surface area contributed by atoms with Gasteiger partial charge in [-0.1, -0.05) is 13.0 Å². The molecule has 3 atom stereocenters. The smallest absolute Gasteiger partial charge is 0.308 e. The van der Waals surface area contributed by atoms with Crippen LogP contribution in [0.2, 0.25) is 0 Å². The van der Waals surface area contributed by atoms with E-state index in [4.69, 9.17) is 14.5 Å². The zero-order valence-electron chi connectivity index (χ0n) is 13.8. The van der Waals surface area contributed by atoms with Crippen LogP contribution in [0.3, 0.4) is 0 Å². The lowest BCUT2D eigenvalue weighted by Gasteiger charge is -2.40. The molecule has 0 amide bonds. The lowest BCUT2D eigenvalue weighted by molar-refractivity contribution is -0.475. The van der Waals surface area contributed by atoms with Crippen LogP contribution in [0.15, 0.2) is 12.2 Å². The Labute approximate surface area is 131 Å². The van der Waals surface area contributed by atoms with Gasteiger partial charge in [-0.25, -0.2) is 9.78 Å². The van der Waals surface area contributed by atoms with Crippen LogP contribution in [0.25, 0.3) is 0 Å². The van der Waals surface area contributed by atoms with Gasteiger partial charge in [0.05, 0.1) is 13.5 Å². The number of hydrogen-bond acceptors (Lipinski definition) is 6. The Hall–Kier alpha value is -1.24. The number of unbranched alkanes of at least 4 members (excludes halogenated alkanes) is 1. The fraction of sp³-hybridized carbons (Fsp3) is 0.750. The van der Waals surface area contributed by atoms with E-state index in [9.17, 15) is 9.59 Å². The SMILES string of the molecule is COC(=O)C[C@H]1OO[C@](CCC/C=C/C(C)=O)(OC)C[C@H]1C. The highest BCUT2D eigenvalue weighted by Gasteiger charge is 2.42. The number of hydrogen-bond donors (Lipinski definition) is 0. The predicted octanol–water partition coefficient (Wildman–Crippen LogP) is 2.56. The average molecular weight is 314 g/mol. The van der Waals surface area contributed by atoms with E-state index in [0.29, 0.717) is 12.8 Å². The van der Waals surface area contributed by atoms with Gasteiger partial charge in [-0.2, -0.15) is 0 Å². The molecular formula is C16H26O6. The van der Waals surface area contributed by atoms with Gasteiger partial charge in [-0.3, -0.25) is 9.59 Å². The number of carbonyl (C=O) groups excluding carboxylic acids is 2. The molecule has 6 nitrogen and oxygen atoms in total. The first kappa shape index (κ1) is 18.8. The number of carbonyl (C=O) groups is 2. The first-order chi connectivity index (χ1) is 10.4. The van der Waals surface area contributed by atoms with Gasteiger partial charge in [0.1, 0.15) is 6.10 Å². The molecule has 1 saturated heterocycles. The summed E-state index contributed by atoms with van der Waals surface area (Å²) in [6.07, 6.45) is 6.13. The van der Waals surface area contributed by atoms with Crippen LogP contribution in [-0.2, 0) is 28.8 Å². The molecule has 0 N–H and O–H groups in total. The zero-order valence-corrected chi connectivity index (χ0v) is 13.8. The van der Waals surface area contributed by atoms with Gasteiger partial charge in [0, 0.05) is 20.0 Å². The van der Waals surface area contributed by atoms with Crippen molar-refractivity contribution in [2.75, 3.05) is 14.2 Å². The van der Waals surface area contributed by atoms with Crippen LogP contribution in [0.4, 0.5) is 0 Å². The molecule has 0 unspecified atom stereocenters. The van der Waals surface area contributed by atoms with Crippen molar-refractivity contribution >= 4 is 11.8 Å². The monoisotopic (exact) mass is 314 g/mol. The van der Waals surface area contributed by atoms with E-state index in [1.165, 1.54) is 14.0 Å². The van der Waals surface area contributed by atoms with Gasteiger partial charge in [0.15, 0.2) is 5.78 Å². The molecule has 1 rings (SSSR count). The van der Waals surface area contributed by atoms with E-state index in [0.717, 1.165) is 12.8 Å². The van der Waals surface area contributed by atoms with Crippen molar-refractivity contribution in [1.82, 2.24) is 0 Å². The molecule has 0 aliphatic carbocycles. The molecule has 0 aromatic heterocycles. The van der Waals surface area contributed by atoms with Crippen molar-refractivity contribution in [2.45, 2.75) is 57.8 Å². The van der Waals surface area contributed by atoms with Crippen LogP contribution in [0.1, 0.15) is 46.0 Å². The summed E-state index contributed by atoms with van der Waals surface area (Å²) in [5, 5.41) is 0. The van der Waals surface area contributed by atoms with E-state index in [1.54, 1.807) is 13.2 Å². The summed E-state index contributed by atoms with van der Waals surface area (Å²) in [5.74, 6) is -0.964. The zero-order chi connectivity index (χ0) is 16.6. The second-order valence-electron chi connectivity index (χ2n) is 5.70. The molecule has 0 aromatic carbocycles. The lowest BCUT2D eigenvalue weighted by atomic mass is 9.90. The Kier molecular flexibility index (Phi) is 7.72. The minimum absolute atomic E-state index is 0.0398. The van der Waals surface area contributed by atoms with Gasteiger partial charge in [0.2, 0.25) is 5.79 Å². The molecule has 0 saturated carbocycles. The van der Waals surface area contributed by atoms with Crippen molar-refractivity contribution in [3.05, 3.63) is 12.2 Å². The van der Waals surface area contributed by atoms with E-state index < -0.39 is 5.79 Å². The number of allylic oxidation sites excluding steroid dienone is 2. The summed E-state index contributed by atoms with van der Waals surface area (Å²) in [6, 6.07) is 0. The molecule has 1 heterocycles. The van der Waals surface area contributed by atoms with Crippen LogP contribution in [0.5, 0.6) is 0 Å². The molecule has 126 valence electrons. The number of rotatable bonds is 8. The van der Waals surface area contributed by atoms with Crippen LogP contribution in [0, 0.1) is 5.92 Å². The van der Waals surface area contributed by atoms with Gasteiger partial charge >= 0.3 is 5.97 Å².